The molecule has 7 heteroatoms. The lowest BCUT2D eigenvalue weighted by molar-refractivity contribution is -0.134. The molecule has 0 saturated heterocycles. The number of fused-ring (bicyclic) bond motifs is 1. The predicted molar refractivity (Wildman–Crippen MR) is 107 cm³/mol. The summed E-state index contributed by atoms with van der Waals surface area (Å²) in [7, 11) is 1.64. The van der Waals surface area contributed by atoms with Crippen molar-refractivity contribution in [3.8, 4) is 17.2 Å². The fourth-order valence-electron chi connectivity index (χ4n) is 2.79. The van der Waals surface area contributed by atoms with Crippen molar-refractivity contribution in [1.29, 1.82) is 0 Å². The summed E-state index contributed by atoms with van der Waals surface area (Å²) in [5.74, 6) is 1.17. The number of carbonyl (C=O) groups is 2. The van der Waals surface area contributed by atoms with E-state index < -0.39 is 5.97 Å². The van der Waals surface area contributed by atoms with Crippen LogP contribution in [0.25, 0.3) is 0 Å². The van der Waals surface area contributed by atoms with Gasteiger partial charge in [-0.2, -0.15) is 0 Å². The van der Waals surface area contributed by atoms with Crippen LogP contribution in [0.5, 0.6) is 17.2 Å². The Bertz CT molecular complexity index is 835. The molecule has 0 radical (unpaired) electrons. The summed E-state index contributed by atoms with van der Waals surface area (Å²) in [5, 5.41) is 0. The van der Waals surface area contributed by atoms with Crippen LogP contribution in [0.4, 0.5) is 0 Å². The Morgan fingerprint density at radius 3 is 2.55 bits per heavy atom. The quantitative estimate of drug-likeness (QED) is 0.636. The molecule has 0 fully saturated rings. The molecule has 2 aromatic carbocycles. The third kappa shape index (κ3) is 5.63. The Balaban J connectivity index is 1.44. The zero-order valence-corrected chi connectivity index (χ0v) is 16.6. The van der Waals surface area contributed by atoms with E-state index in [0.29, 0.717) is 42.6 Å². The van der Waals surface area contributed by atoms with Crippen molar-refractivity contribution < 1.29 is 28.5 Å². The highest BCUT2D eigenvalue weighted by Gasteiger charge is 2.24. The van der Waals surface area contributed by atoms with Gasteiger partial charge in [0.2, 0.25) is 0 Å². The molecule has 1 aliphatic heterocycles. The molecule has 1 heterocycles. The first kappa shape index (κ1) is 20.5. The third-order valence-corrected chi connectivity index (χ3v) is 4.36. The molecule has 0 spiro atoms. The first-order chi connectivity index (χ1) is 14.1. The largest absolute Gasteiger partial charge is 0.494 e. The van der Waals surface area contributed by atoms with E-state index in [-0.39, 0.29) is 18.6 Å². The average Bonchev–Trinajstić information content (AvgIpc) is 2.76. The van der Waals surface area contributed by atoms with Gasteiger partial charge >= 0.3 is 5.97 Å². The maximum atomic E-state index is 12.3. The second-order valence-electron chi connectivity index (χ2n) is 6.72. The molecule has 3 rings (SSSR count). The van der Waals surface area contributed by atoms with Crippen LogP contribution in [0.15, 0.2) is 48.5 Å². The lowest BCUT2D eigenvalue weighted by Crippen LogP contribution is -2.43. The van der Waals surface area contributed by atoms with Crippen LogP contribution in [0, 0.1) is 0 Å². The van der Waals surface area contributed by atoms with Gasteiger partial charge in [0.15, 0.2) is 24.2 Å². The Morgan fingerprint density at radius 1 is 1.10 bits per heavy atom. The number of hydrogen-bond donors (Lipinski definition) is 0. The number of rotatable bonds is 8. The van der Waals surface area contributed by atoms with E-state index in [9.17, 15) is 9.59 Å². The molecular formula is C22H25NO6. The summed E-state index contributed by atoms with van der Waals surface area (Å²) in [5.41, 5.74) is 0.366. The molecule has 1 amide bonds. The summed E-state index contributed by atoms with van der Waals surface area (Å²) >= 11 is 0. The number of esters is 1. The zero-order valence-electron chi connectivity index (χ0n) is 16.6. The minimum absolute atomic E-state index is 0.287. The maximum absolute atomic E-state index is 12.3. The number of para-hydroxylation sites is 2. The molecule has 0 unspecified atom stereocenters. The van der Waals surface area contributed by atoms with Crippen molar-refractivity contribution in [2.75, 3.05) is 33.4 Å². The second-order valence-corrected chi connectivity index (χ2v) is 6.72. The van der Waals surface area contributed by atoms with Crippen LogP contribution in [0.1, 0.15) is 23.7 Å². The summed E-state index contributed by atoms with van der Waals surface area (Å²) in [6.45, 7) is 2.97. The molecule has 0 saturated carbocycles. The Hall–Kier alpha value is -3.22. The normalized spacial score (nSPS) is 14.8. The molecule has 0 N–H and O–H groups in total. The van der Waals surface area contributed by atoms with Crippen molar-refractivity contribution in [2.45, 2.75) is 19.4 Å². The van der Waals surface area contributed by atoms with Crippen LogP contribution < -0.4 is 14.2 Å². The van der Waals surface area contributed by atoms with Crippen LogP contribution in [0.3, 0.4) is 0 Å². The van der Waals surface area contributed by atoms with Crippen LogP contribution in [-0.4, -0.2) is 56.3 Å². The smallest absolute Gasteiger partial charge is 0.338 e. The molecule has 154 valence electrons. The summed E-state index contributed by atoms with van der Waals surface area (Å²) in [6.07, 6.45) is 0.620. The molecule has 7 nitrogen and oxygen atoms in total. The predicted octanol–water partition coefficient (Wildman–Crippen LogP) is 2.93. The highest BCUT2D eigenvalue weighted by Crippen LogP contribution is 2.30. The number of nitrogens with zero attached hydrogens (tertiary/aromatic N) is 1. The van der Waals surface area contributed by atoms with Gasteiger partial charge in [-0.3, -0.25) is 4.79 Å². The van der Waals surface area contributed by atoms with Gasteiger partial charge in [0.25, 0.3) is 5.91 Å². The number of benzene rings is 2. The van der Waals surface area contributed by atoms with Crippen molar-refractivity contribution in [2.24, 2.45) is 0 Å². The third-order valence-electron chi connectivity index (χ3n) is 4.36. The summed E-state index contributed by atoms with van der Waals surface area (Å²) in [4.78, 5) is 25.9. The highest BCUT2D eigenvalue weighted by molar-refractivity contribution is 5.91. The minimum Gasteiger partial charge on any atom is -0.494 e. The molecule has 0 aromatic heterocycles. The van der Waals surface area contributed by atoms with Gasteiger partial charge in [-0.15, -0.1) is 0 Å². The van der Waals surface area contributed by atoms with Gasteiger partial charge in [0.1, 0.15) is 12.4 Å². The Kier molecular flexibility index (Phi) is 6.94. The fourth-order valence-corrected chi connectivity index (χ4v) is 2.79. The van der Waals surface area contributed by atoms with E-state index in [2.05, 4.69) is 0 Å². The van der Waals surface area contributed by atoms with Crippen LogP contribution >= 0.6 is 0 Å². The highest BCUT2D eigenvalue weighted by atomic mass is 16.6. The van der Waals surface area contributed by atoms with E-state index in [4.69, 9.17) is 18.9 Å². The average molecular weight is 399 g/mol. The molecule has 0 aliphatic carbocycles. The van der Waals surface area contributed by atoms with Gasteiger partial charge in [0.05, 0.1) is 18.7 Å². The minimum atomic E-state index is -0.556. The first-order valence-corrected chi connectivity index (χ1v) is 9.59. The maximum Gasteiger partial charge on any atom is 0.338 e. The van der Waals surface area contributed by atoms with Crippen molar-refractivity contribution in [3.05, 3.63) is 54.1 Å². The van der Waals surface area contributed by atoms with Crippen molar-refractivity contribution >= 4 is 11.9 Å². The van der Waals surface area contributed by atoms with Gasteiger partial charge in [0, 0.05) is 7.05 Å². The number of likely N-dealkylation sites (N-methyl/N-ethyl adjacent to an activating group) is 1. The molecule has 0 bridgehead atoms. The van der Waals surface area contributed by atoms with E-state index >= 15 is 0 Å². The zero-order chi connectivity index (χ0) is 20.6. The standard InChI is InChI=1S/C22H25NO6/c1-3-12-26-17-10-8-16(9-11-17)22(25)28-15-21(24)23(2)13-18-14-27-19-6-4-5-7-20(19)29-18/h4-11,18H,3,12-15H2,1-2H3/t18-/m0/s1. The van der Waals surface area contributed by atoms with E-state index in [1.54, 1.807) is 31.3 Å². The summed E-state index contributed by atoms with van der Waals surface area (Å²) < 4.78 is 22.1. The Labute approximate surface area is 170 Å². The van der Waals surface area contributed by atoms with Crippen LogP contribution in [0.2, 0.25) is 0 Å². The lowest BCUT2D eigenvalue weighted by atomic mass is 10.2. The molecule has 1 atom stereocenters. The van der Waals surface area contributed by atoms with Crippen molar-refractivity contribution in [3.63, 3.8) is 0 Å². The SMILES string of the molecule is CCCOc1ccc(C(=O)OCC(=O)N(C)C[C@H]2COc3ccccc3O2)cc1. The number of amides is 1. The first-order valence-electron chi connectivity index (χ1n) is 9.59. The van der Waals surface area contributed by atoms with Gasteiger partial charge in [-0.1, -0.05) is 19.1 Å². The number of carbonyl (C=O) groups excluding carboxylic acids is 2. The molecule has 29 heavy (non-hydrogen) atoms. The fraction of sp³-hybridized carbons (Fsp3) is 0.364. The van der Waals surface area contributed by atoms with Crippen molar-refractivity contribution in [1.82, 2.24) is 4.90 Å². The van der Waals surface area contributed by atoms with Crippen LogP contribution in [-0.2, 0) is 9.53 Å². The Morgan fingerprint density at radius 2 is 1.83 bits per heavy atom. The number of ether oxygens (including phenoxy) is 4. The monoisotopic (exact) mass is 399 g/mol. The van der Waals surface area contributed by atoms with E-state index in [1.807, 2.05) is 31.2 Å². The van der Waals surface area contributed by atoms with Gasteiger partial charge in [-0.25, -0.2) is 4.79 Å². The van der Waals surface area contributed by atoms with E-state index in [0.717, 1.165) is 6.42 Å². The number of hydrogen-bond acceptors (Lipinski definition) is 6. The molecule has 1 aliphatic rings. The molecular weight excluding hydrogens is 374 g/mol. The van der Waals surface area contributed by atoms with Gasteiger partial charge in [-0.05, 0) is 42.8 Å². The molecule has 2 aromatic rings. The van der Waals surface area contributed by atoms with E-state index in [1.165, 1.54) is 4.90 Å². The lowest BCUT2D eigenvalue weighted by Gasteiger charge is -2.29. The summed E-state index contributed by atoms with van der Waals surface area (Å²) in [6, 6.07) is 14.0. The van der Waals surface area contributed by atoms with Gasteiger partial charge < -0.3 is 23.8 Å². The second kappa shape index (κ2) is 9.82. The topological polar surface area (TPSA) is 74.3 Å².